The first-order valence-corrected chi connectivity index (χ1v) is 5.78. The van der Waals surface area contributed by atoms with Crippen LogP contribution in [0, 0.1) is 0 Å². The molecule has 1 heterocycles. The smallest absolute Gasteiger partial charge is 0.336 e. The lowest BCUT2D eigenvalue weighted by Gasteiger charge is -2.33. The maximum absolute atomic E-state index is 10.8. The van der Waals surface area contributed by atoms with Crippen molar-refractivity contribution < 1.29 is 20.1 Å². The van der Waals surface area contributed by atoms with Crippen molar-refractivity contribution in [1.29, 1.82) is 0 Å². The Morgan fingerprint density at radius 1 is 1.44 bits per heavy atom. The Morgan fingerprint density at radius 2 is 2.12 bits per heavy atom. The van der Waals surface area contributed by atoms with Gasteiger partial charge in [-0.05, 0) is 26.3 Å². The third kappa shape index (κ3) is 3.43. The number of hydrogen-bond acceptors (Lipinski definition) is 4. The summed E-state index contributed by atoms with van der Waals surface area (Å²) >= 11 is 0. The van der Waals surface area contributed by atoms with Gasteiger partial charge in [-0.2, -0.15) is 0 Å². The minimum absolute atomic E-state index is 0.0201. The van der Waals surface area contributed by atoms with Crippen molar-refractivity contribution in [2.45, 2.75) is 44.2 Å². The van der Waals surface area contributed by atoms with Crippen LogP contribution in [0.5, 0.6) is 0 Å². The van der Waals surface area contributed by atoms with Crippen LogP contribution in [0.1, 0.15) is 32.6 Å². The number of rotatable bonds is 4. The summed E-state index contributed by atoms with van der Waals surface area (Å²) in [7, 11) is 0. The molecule has 1 fully saturated rings. The molecule has 1 aliphatic heterocycles. The van der Waals surface area contributed by atoms with E-state index in [1.165, 1.54) is 6.92 Å². The Balaban J connectivity index is 2.64. The highest BCUT2D eigenvalue weighted by Crippen LogP contribution is 2.19. The second kappa shape index (κ2) is 5.61. The maximum atomic E-state index is 10.8. The molecule has 0 aromatic rings. The molecule has 0 bridgehead atoms. The molecule has 0 aliphatic carbocycles. The Bertz CT molecular complexity index is 242. The fourth-order valence-electron chi connectivity index (χ4n) is 2.11. The fourth-order valence-corrected chi connectivity index (χ4v) is 2.11. The van der Waals surface area contributed by atoms with Crippen molar-refractivity contribution in [2.24, 2.45) is 0 Å². The molecule has 94 valence electrons. The molecular weight excluding hydrogens is 210 g/mol. The van der Waals surface area contributed by atoms with Gasteiger partial charge in [0.05, 0.1) is 6.61 Å². The van der Waals surface area contributed by atoms with Crippen LogP contribution in [0.3, 0.4) is 0 Å². The summed E-state index contributed by atoms with van der Waals surface area (Å²) in [5.74, 6) is -1.21. The number of carboxylic acid groups (broad SMARTS) is 1. The largest absolute Gasteiger partial charge is 0.479 e. The van der Waals surface area contributed by atoms with Gasteiger partial charge in [0, 0.05) is 12.6 Å². The predicted molar refractivity (Wildman–Crippen MR) is 59.2 cm³/mol. The van der Waals surface area contributed by atoms with E-state index >= 15 is 0 Å². The molecule has 2 unspecified atom stereocenters. The summed E-state index contributed by atoms with van der Waals surface area (Å²) < 4.78 is 0. The van der Waals surface area contributed by atoms with Gasteiger partial charge >= 0.3 is 5.97 Å². The molecule has 5 nitrogen and oxygen atoms in total. The summed E-state index contributed by atoms with van der Waals surface area (Å²) in [5, 5.41) is 27.8. The van der Waals surface area contributed by atoms with E-state index < -0.39 is 11.6 Å². The van der Waals surface area contributed by atoms with Crippen LogP contribution >= 0.6 is 0 Å². The summed E-state index contributed by atoms with van der Waals surface area (Å²) in [5.41, 5.74) is -1.74. The quantitative estimate of drug-likeness (QED) is 0.637. The lowest BCUT2D eigenvalue weighted by Crippen LogP contribution is -2.50. The van der Waals surface area contributed by atoms with Gasteiger partial charge in [-0.25, -0.2) is 4.79 Å². The van der Waals surface area contributed by atoms with Crippen LogP contribution in [0.15, 0.2) is 0 Å². The molecule has 0 aromatic heterocycles. The van der Waals surface area contributed by atoms with Crippen molar-refractivity contribution in [3.63, 3.8) is 0 Å². The predicted octanol–water partition coefficient (Wildman–Crippen LogP) is 0.0589. The summed E-state index contributed by atoms with van der Waals surface area (Å²) in [6.07, 6.45) is 4.01. The first kappa shape index (κ1) is 13.4. The molecule has 0 saturated carbocycles. The number of carboxylic acids is 1. The zero-order chi connectivity index (χ0) is 12.2. The van der Waals surface area contributed by atoms with Gasteiger partial charge in [0.15, 0.2) is 5.60 Å². The zero-order valence-electron chi connectivity index (χ0n) is 9.72. The molecule has 1 aliphatic rings. The third-order valence-electron chi connectivity index (χ3n) is 3.18. The number of aliphatic hydroxyl groups excluding tert-OH is 1. The van der Waals surface area contributed by atoms with E-state index in [9.17, 15) is 15.0 Å². The molecule has 5 heteroatoms. The molecular formula is C11H21NO4. The van der Waals surface area contributed by atoms with E-state index in [0.717, 1.165) is 32.2 Å². The van der Waals surface area contributed by atoms with Crippen LogP contribution < -0.4 is 0 Å². The molecule has 0 spiro atoms. The molecule has 1 saturated heterocycles. The van der Waals surface area contributed by atoms with E-state index in [-0.39, 0.29) is 19.2 Å². The number of aliphatic carboxylic acids is 1. The van der Waals surface area contributed by atoms with E-state index in [1.807, 2.05) is 4.90 Å². The molecule has 16 heavy (non-hydrogen) atoms. The second-order valence-corrected chi connectivity index (χ2v) is 4.74. The highest BCUT2D eigenvalue weighted by molar-refractivity contribution is 5.76. The standard InChI is InChI=1S/C11H21NO4/c1-11(16,10(14)15)8-12-6-4-2-3-5-9(12)7-13/h9,13,16H,2-8H2,1H3,(H,14,15). The van der Waals surface area contributed by atoms with Crippen molar-refractivity contribution in [3.05, 3.63) is 0 Å². The maximum Gasteiger partial charge on any atom is 0.336 e. The number of hydrogen-bond donors (Lipinski definition) is 3. The van der Waals surface area contributed by atoms with Crippen molar-refractivity contribution in [1.82, 2.24) is 4.90 Å². The number of aliphatic hydroxyl groups is 2. The van der Waals surface area contributed by atoms with Crippen molar-refractivity contribution in [3.8, 4) is 0 Å². The number of β-amino-alcohol motifs (C(OH)–C–C–N with tert-alkyl or cyclic N) is 1. The van der Waals surface area contributed by atoms with Crippen LogP contribution in [-0.4, -0.2) is 57.5 Å². The Labute approximate surface area is 95.7 Å². The Hall–Kier alpha value is -0.650. The second-order valence-electron chi connectivity index (χ2n) is 4.74. The molecule has 1 rings (SSSR count). The van der Waals surface area contributed by atoms with E-state index in [2.05, 4.69) is 0 Å². The number of nitrogens with zero attached hydrogens (tertiary/aromatic N) is 1. The molecule has 0 aromatic carbocycles. The lowest BCUT2D eigenvalue weighted by molar-refractivity contribution is -0.159. The van der Waals surface area contributed by atoms with Gasteiger partial charge in [0.2, 0.25) is 0 Å². The normalized spacial score (nSPS) is 27.1. The average Bonchev–Trinajstić information content (AvgIpc) is 2.42. The summed E-state index contributed by atoms with van der Waals surface area (Å²) in [4.78, 5) is 12.7. The SMILES string of the molecule is CC(O)(CN1CCCCCC1CO)C(=O)O. The summed E-state index contributed by atoms with van der Waals surface area (Å²) in [6.45, 7) is 2.15. The average molecular weight is 231 g/mol. The summed E-state index contributed by atoms with van der Waals surface area (Å²) in [6, 6.07) is -0.0201. The zero-order valence-corrected chi connectivity index (χ0v) is 9.72. The third-order valence-corrected chi connectivity index (χ3v) is 3.18. The van der Waals surface area contributed by atoms with Crippen molar-refractivity contribution in [2.75, 3.05) is 19.7 Å². The van der Waals surface area contributed by atoms with Gasteiger partial charge in [-0.15, -0.1) is 0 Å². The Morgan fingerprint density at radius 3 is 2.69 bits per heavy atom. The minimum atomic E-state index is -1.74. The van der Waals surface area contributed by atoms with Gasteiger partial charge in [-0.3, -0.25) is 4.90 Å². The fraction of sp³-hybridized carbons (Fsp3) is 0.909. The highest BCUT2D eigenvalue weighted by atomic mass is 16.4. The van der Waals surface area contributed by atoms with E-state index in [4.69, 9.17) is 5.11 Å². The van der Waals surface area contributed by atoms with Gasteiger partial charge < -0.3 is 15.3 Å². The lowest BCUT2D eigenvalue weighted by atomic mass is 10.0. The van der Waals surface area contributed by atoms with E-state index in [1.54, 1.807) is 0 Å². The first-order valence-electron chi connectivity index (χ1n) is 5.78. The van der Waals surface area contributed by atoms with Gasteiger partial charge in [0.1, 0.15) is 0 Å². The monoisotopic (exact) mass is 231 g/mol. The Kier molecular flexibility index (Phi) is 4.70. The molecule has 0 amide bonds. The van der Waals surface area contributed by atoms with Crippen LogP contribution in [0.2, 0.25) is 0 Å². The molecule has 2 atom stereocenters. The van der Waals surface area contributed by atoms with E-state index in [0.29, 0.717) is 0 Å². The van der Waals surface area contributed by atoms with Crippen molar-refractivity contribution >= 4 is 5.97 Å². The first-order chi connectivity index (χ1) is 7.47. The minimum Gasteiger partial charge on any atom is -0.479 e. The number of likely N-dealkylation sites (tertiary alicyclic amines) is 1. The topological polar surface area (TPSA) is 81.0 Å². The van der Waals surface area contributed by atoms with Crippen LogP contribution in [0.25, 0.3) is 0 Å². The molecule has 0 radical (unpaired) electrons. The van der Waals surface area contributed by atoms with Gasteiger partial charge in [0.25, 0.3) is 0 Å². The van der Waals surface area contributed by atoms with Gasteiger partial charge in [-0.1, -0.05) is 12.8 Å². The molecule has 3 N–H and O–H groups in total. The van der Waals surface area contributed by atoms with Crippen LogP contribution in [-0.2, 0) is 4.79 Å². The number of carbonyl (C=O) groups is 1. The van der Waals surface area contributed by atoms with Crippen LogP contribution in [0.4, 0.5) is 0 Å². The highest BCUT2D eigenvalue weighted by Gasteiger charge is 2.34.